The monoisotopic (exact) mass is 524 g/mol. The van der Waals surface area contributed by atoms with Crippen molar-refractivity contribution < 1.29 is 9.84 Å². The number of aliphatic hydroxyl groups is 1. The van der Waals surface area contributed by atoms with E-state index in [0.717, 1.165) is 32.2 Å². The van der Waals surface area contributed by atoms with E-state index in [1.807, 2.05) is 80.6 Å². The summed E-state index contributed by atoms with van der Waals surface area (Å²) in [5, 5.41) is 11.8. The molecule has 0 saturated heterocycles. The summed E-state index contributed by atoms with van der Waals surface area (Å²) in [7, 11) is 1.47. The fourth-order valence-corrected chi connectivity index (χ4v) is 4.87. The summed E-state index contributed by atoms with van der Waals surface area (Å²) in [5.74, 6) is 0.880. The van der Waals surface area contributed by atoms with Gasteiger partial charge in [0.25, 0.3) is 5.56 Å². The van der Waals surface area contributed by atoms with Crippen LogP contribution in [0.3, 0.4) is 0 Å². The van der Waals surface area contributed by atoms with Gasteiger partial charge < -0.3 is 9.84 Å². The van der Waals surface area contributed by atoms with Crippen LogP contribution in [0.15, 0.2) is 76.3 Å². The average molecular weight is 525 g/mol. The van der Waals surface area contributed by atoms with E-state index in [9.17, 15) is 14.7 Å². The Bertz CT molecular complexity index is 1770. The lowest BCUT2D eigenvalue weighted by molar-refractivity contribution is 0.280. The highest BCUT2D eigenvalue weighted by Gasteiger charge is 2.19. The molecular formula is C31H32N4O4. The Morgan fingerprint density at radius 3 is 2.36 bits per heavy atom. The van der Waals surface area contributed by atoms with E-state index in [2.05, 4.69) is 0 Å². The van der Waals surface area contributed by atoms with Crippen LogP contribution in [-0.2, 0) is 39.6 Å². The zero-order valence-electron chi connectivity index (χ0n) is 22.4. The number of aliphatic hydroxyl groups excluding tert-OH is 1. The second-order valence-electron chi connectivity index (χ2n) is 10.1. The van der Waals surface area contributed by atoms with Crippen molar-refractivity contribution in [2.45, 2.75) is 46.4 Å². The average Bonchev–Trinajstić information content (AvgIpc) is 2.96. The molecule has 0 atom stereocenters. The Balaban J connectivity index is 1.61. The normalized spacial score (nSPS) is 11.5. The Labute approximate surface area is 226 Å². The fraction of sp³-hybridized carbons (Fsp3) is 0.290. The summed E-state index contributed by atoms with van der Waals surface area (Å²) >= 11 is 0. The van der Waals surface area contributed by atoms with Crippen LogP contribution in [0, 0.1) is 5.92 Å². The molecule has 0 bridgehead atoms. The number of hydrogen-bond donors (Lipinski definition) is 1. The molecule has 5 rings (SSSR count). The number of fused-ring (bicyclic) bond motifs is 2. The minimum absolute atomic E-state index is 0.0569. The van der Waals surface area contributed by atoms with E-state index in [4.69, 9.17) is 14.7 Å². The lowest BCUT2D eigenvalue weighted by atomic mass is 10.0. The molecule has 0 aliphatic rings. The van der Waals surface area contributed by atoms with Crippen LogP contribution >= 0.6 is 0 Å². The highest BCUT2D eigenvalue weighted by atomic mass is 16.5. The van der Waals surface area contributed by atoms with Crippen LogP contribution in [0.4, 0.5) is 0 Å². The second-order valence-corrected chi connectivity index (χ2v) is 10.1. The van der Waals surface area contributed by atoms with Crippen LogP contribution in [0.25, 0.3) is 21.9 Å². The molecule has 0 fully saturated rings. The van der Waals surface area contributed by atoms with Gasteiger partial charge in [0, 0.05) is 19.0 Å². The minimum atomic E-state index is -0.471. The molecule has 8 nitrogen and oxygen atoms in total. The fourth-order valence-electron chi connectivity index (χ4n) is 4.87. The molecule has 0 radical (unpaired) electrons. The van der Waals surface area contributed by atoms with Crippen LogP contribution < -0.4 is 16.0 Å². The van der Waals surface area contributed by atoms with Crippen molar-refractivity contribution >= 4 is 21.9 Å². The Hall–Kier alpha value is -4.30. The van der Waals surface area contributed by atoms with Crippen molar-refractivity contribution in [2.24, 2.45) is 13.0 Å². The quantitative estimate of drug-likeness (QED) is 0.311. The number of aryl methyl sites for hydroxylation is 2. The summed E-state index contributed by atoms with van der Waals surface area (Å²) < 4.78 is 8.91. The highest BCUT2D eigenvalue weighted by molar-refractivity contribution is 5.88. The molecule has 8 heteroatoms. The van der Waals surface area contributed by atoms with Gasteiger partial charge in [0.2, 0.25) is 0 Å². The Kier molecular flexibility index (Phi) is 7.56. The number of nitrogens with zero attached hydrogens (tertiary/aromatic N) is 4. The third-order valence-corrected chi connectivity index (χ3v) is 6.89. The first-order valence-corrected chi connectivity index (χ1v) is 13.1. The van der Waals surface area contributed by atoms with E-state index < -0.39 is 11.2 Å². The molecule has 39 heavy (non-hydrogen) atoms. The van der Waals surface area contributed by atoms with Gasteiger partial charge in [0.05, 0.1) is 12.3 Å². The summed E-state index contributed by atoms with van der Waals surface area (Å²) in [4.78, 5) is 35.8. The van der Waals surface area contributed by atoms with Crippen molar-refractivity contribution in [2.75, 3.05) is 0 Å². The van der Waals surface area contributed by atoms with Crippen LogP contribution in [0.5, 0.6) is 5.75 Å². The SMILES string of the molecule is CC(C)Cn1c(=O)n(C)c(=O)c2nc(CCc3ccccc3CO)c(COc3cccc4ccccc34)nc21. The molecule has 0 unspecified atom stereocenters. The van der Waals surface area contributed by atoms with E-state index in [0.29, 0.717) is 30.8 Å². The first-order valence-electron chi connectivity index (χ1n) is 13.1. The van der Waals surface area contributed by atoms with Crippen molar-refractivity contribution in [3.05, 3.63) is 110 Å². The first-order chi connectivity index (χ1) is 18.9. The van der Waals surface area contributed by atoms with Crippen LogP contribution in [0.2, 0.25) is 0 Å². The predicted molar refractivity (Wildman–Crippen MR) is 152 cm³/mol. The number of benzene rings is 3. The standard InChI is InChI=1S/C31H32N4O4/c1-20(2)17-35-29-28(30(37)34(3)31(35)38)32-25(16-15-21-9-4-5-11-23(21)18-36)26(33-29)19-39-27-14-8-12-22-10-6-7-13-24(22)27/h4-14,20,36H,15-19H2,1-3H3. The summed E-state index contributed by atoms with van der Waals surface area (Å²) in [6.45, 7) is 4.49. The zero-order valence-corrected chi connectivity index (χ0v) is 22.4. The number of aromatic nitrogens is 4. The number of hydrogen-bond acceptors (Lipinski definition) is 6. The number of ether oxygens (including phenoxy) is 1. The molecule has 5 aromatic rings. The second kappa shape index (κ2) is 11.2. The van der Waals surface area contributed by atoms with Gasteiger partial charge in [-0.2, -0.15) is 0 Å². The largest absolute Gasteiger partial charge is 0.487 e. The molecule has 2 aromatic heterocycles. The Morgan fingerprint density at radius 1 is 0.872 bits per heavy atom. The smallest absolute Gasteiger partial charge is 0.332 e. The summed E-state index contributed by atoms with van der Waals surface area (Å²) in [5.41, 5.74) is 2.60. The number of rotatable bonds is 9. The maximum absolute atomic E-state index is 13.1. The minimum Gasteiger partial charge on any atom is -0.487 e. The molecule has 0 spiro atoms. The molecule has 3 aromatic carbocycles. The maximum Gasteiger partial charge on any atom is 0.332 e. The maximum atomic E-state index is 13.1. The topological polar surface area (TPSA) is 99.2 Å². The van der Waals surface area contributed by atoms with Crippen molar-refractivity contribution in [1.29, 1.82) is 0 Å². The van der Waals surface area contributed by atoms with Gasteiger partial charge in [0.15, 0.2) is 11.2 Å². The van der Waals surface area contributed by atoms with Gasteiger partial charge in [-0.05, 0) is 41.3 Å². The molecule has 1 N–H and O–H groups in total. The molecule has 200 valence electrons. The van der Waals surface area contributed by atoms with Crippen LogP contribution in [0.1, 0.15) is 36.4 Å². The van der Waals surface area contributed by atoms with Crippen molar-refractivity contribution in [3.63, 3.8) is 0 Å². The molecular weight excluding hydrogens is 492 g/mol. The van der Waals surface area contributed by atoms with E-state index in [1.165, 1.54) is 11.6 Å². The first kappa shape index (κ1) is 26.3. The molecule has 0 aliphatic carbocycles. The van der Waals surface area contributed by atoms with Crippen LogP contribution in [-0.4, -0.2) is 24.2 Å². The van der Waals surface area contributed by atoms with E-state index in [-0.39, 0.29) is 30.3 Å². The molecule has 0 saturated carbocycles. The summed E-state index contributed by atoms with van der Waals surface area (Å²) in [6, 6.07) is 21.6. The van der Waals surface area contributed by atoms with E-state index >= 15 is 0 Å². The highest BCUT2D eigenvalue weighted by Crippen LogP contribution is 2.26. The molecule has 0 amide bonds. The third-order valence-electron chi connectivity index (χ3n) is 6.89. The lowest BCUT2D eigenvalue weighted by Crippen LogP contribution is -2.40. The van der Waals surface area contributed by atoms with Crippen molar-refractivity contribution in [1.82, 2.24) is 19.1 Å². The molecule has 2 heterocycles. The molecule has 0 aliphatic heterocycles. The Morgan fingerprint density at radius 2 is 1.59 bits per heavy atom. The van der Waals surface area contributed by atoms with Gasteiger partial charge in [-0.25, -0.2) is 14.8 Å². The summed E-state index contributed by atoms with van der Waals surface area (Å²) in [6.07, 6.45) is 1.09. The third kappa shape index (κ3) is 5.33. The van der Waals surface area contributed by atoms with E-state index in [1.54, 1.807) is 0 Å². The van der Waals surface area contributed by atoms with Gasteiger partial charge in [0.1, 0.15) is 18.1 Å². The zero-order chi connectivity index (χ0) is 27.5. The van der Waals surface area contributed by atoms with Crippen molar-refractivity contribution in [3.8, 4) is 5.75 Å². The van der Waals surface area contributed by atoms with Gasteiger partial charge in [-0.3, -0.25) is 13.9 Å². The van der Waals surface area contributed by atoms with Gasteiger partial charge in [-0.1, -0.05) is 74.5 Å². The van der Waals surface area contributed by atoms with Gasteiger partial charge in [-0.15, -0.1) is 0 Å². The predicted octanol–water partition coefficient (Wildman–Crippen LogP) is 4.16. The van der Waals surface area contributed by atoms with Gasteiger partial charge >= 0.3 is 5.69 Å². The lowest BCUT2D eigenvalue weighted by Gasteiger charge is -2.17.